The second kappa shape index (κ2) is 44.9. The minimum Gasteiger partial charge on any atom is -0.383 e. The van der Waals surface area contributed by atoms with E-state index < -0.39 is 0 Å². The molecule has 0 aromatic rings. The molecule has 0 aliphatic rings. The molecule has 5 nitrogen and oxygen atoms in total. The first-order valence-electron chi connectivity index (χ1n) is 21.8. The average Bonchev–Trinajstić information content (AvgIpc) is 3.14. The van der Waals surface area contributed by atoms with Crippen molar-refractivity contribution in [3.05, 3.63) is 48.6 Å². The smallest absolute Gasteiger partial charge is 0.0820 e. The van der Waals surface area contributed by atoms with Crippen molar-refractivity contribution in [3.8, 4) is 0 Å². The molecular formula is C46H87NO4. The lowest BCUT2D eigenvalue weighted by atomic mass is 10.1. The quantitative estimate of drug-likeness (QED) is 0.0464. The van der Waals surface area contributed by atoms with Crippen molar-refractivity contribution in [2.45, 2.75) is 180 Å². The Bertz CT molecular complexity index is 756. The van der Waals surface area contributed by atoms with Crippen LogP contribution >= 0.6 is 0 Å². The van der Waals surface area contributed by atoms with Crippen LogP contribution < -0.4 is 0 Å². The van der Waals surface area contributed by atoms with Crippen LogP contribution in [0, 0.1) is 0 Å². The Balaban J connectivity index is 4.11. The van der Waals surface area contributed by atoms with E-state index in [1.54, 1.807) is 14.2 Å². The third-order valence-corrected chi connectivity index (χ3v) is 9.48. The van der Waals surface area contributed by atoms with Crippen molar-refractivity contribution in [2.75, 3.05) is 66.9 Å². The summed E-state index contributed by atoms with van der Waals surface area (Å²) in [6.45, 7) is 11.2. The maximum Gasteiger partial charge on any atom is 0.0820 e. The first kappa shape index (κ1) is 49.8. The van der Waals surface area contributed by atoms with E-state index in [0.717, 1.165) is 78.2 Å². The van der Waals surface area contributed by atoms with Gasteiger partial charge in [-0.2, -0.15) is 0 Å². The van der Waals surface area contributed by atoms with Gasteiger partial charge in [-0.05, 0) is 83.5 Å². The molecular weight excluding hydrogens is 631 g/mol. The average molecular weight is 718 g/mol. The monoisotopic (exact) mass is 718 g/mol. The van der Waals surface area contributed by atoms with Gasteiger partial charge in [-0.15, -0.1) is 0 Å². The van der Waals surface area contributed by atoms with E-state index in [4.69, 9.17) is 18.9 Å². The van der Waals surface area contributed by atoms with Crippen LogP contribution in [-0.2, 0) is 18.9 Å². The summed E-state index contributed by atoms with van der Waals surface area (Å²) in [5.74, 6) is 0. The van der Waals surface area contributed by atoms with Gasteiger partial charge in [0, 0.05) is 47.1 Å². The van der Waals surface area contributed by atoms with E-state index in [-0.39, 0.29) is 6.10 Å². The summed E-state index contributed by atoms with van der Waals surface area (Å²) in [6.07, 6.45) is 50.4. The molecule has 1 atom stereocenters. The third kappa shape index (κ3) is 41.4. The van der Waals surface area contributed by atoms with Crippen molar-refractivity contribution >= 4 is 0 Å². The summed E-state index contributed by atoms with van der Waals surface area (Å²) in [4.78, 5) is 2.42. The highest BCUT2D eigenvalue weighted by Crippen LogP contribution is 2.12. The zero-order valence-electron chi connectivity index (χ0n) is 34.6. The zero-order chi connectivity index (χ0) is 37.0. The fourth-order valence-corrected chi connectivity index (χ4v) is 6.06. The molecule has 0 aliphatic heterocycles. The van der Waals surface area contributed by atoms with Gasteiger partial charge >= 0.3 is 0 Å². The number of allylic oxidation sites excluding steroid dienone is 8. The molecule has 51 heavy (non-hydrogen) atoms. The first-order chi connectivity index (χ1) is 25.3. The van der Waals surface area contributed by atoms with Gasteiger partial charge in [-0.3, -0.25) is 4.90 Å². The number of rotatable bonds is 42. The summed E-state index contributed by atoms with van der Waals surface area (Å²) in [7, 11) is 3.55. The molecule has 0 heterocycles. The fraction of sp³-hybridized carbons (Fsp3) is 0.826. The molecule has 0 bridgehead atoms. The van der Waals surface area contributed by atoms with Crippen LogP contribution in [0.4, 0.5) is 0 Å². The third-order valence-electron chi connectivity index (χ3n) is 9.48. The lowest BCUT2D eigenvalue weighted by Crippen LogP contribution is -2.35. The largest absolute Gasteiger partial charge is 0.383 e. The Labute approximate surface area is 319 Å². The number of hydrogen-bond donors (Lipinski definition) is 0. The summed E-state index contributed by atoms with van der Waals surface area (Å²) in [5.41, 5.74) is 0. The van der Waals surface area contributed by atoms with E-state index in [2.05, 4.69) is 67.4 Å². The predicted molar refractivity (Wildman–Crippen MR) is 224 cm³/mol. The second-order valence-electron chi connectivity index (χ2n) is 14.4. The fourth-order valence-electron chi connectivity index (χ4n) is 6.06. The number of nitrogens with zero attached hydrogens (tertiary/aromatic N) is 1. The van der Waals surface area contributed by atoms with Gasteiger partial charge in [0.1, 0.15) is 0 Å². The van der Waals surface area contributed by atoms with Crippen LogP contribution in [0.15, 0.2) is 48.6 Å². The summed E-state index contributed by atoms with van der Waals surface area (Å²) < 4.78 is 23.3. The molecule has 300 valence electrons. The molecule has 5 heteroatoms. The highest BCUT2D eigenvalue weighted by atomic mass is 16.5. The van der Waals surface area contributed by atoms with E-state index in [1.807, 2.05) is 0 Å². The van der Waals surface area contributed by atoms with Crippen LogP contribution in [0.1, 0.15) is 174 Å². The highest BCUT2D eigenvalue weighted by Gasteiger charge is 2.13. The van der Waals surface area contributed by atoms with Crippen LogP contribution in [-0.4, -0.2) is 77.9 Å². The van der Waals surface area contributed by atoms with Gasteiger partial charge in [0.2, 0.25) is 0 Å². The Morgan fingerprint density at radius 3 is 1.29 bits per heavy atom. The van der Waals surface area contributed by atoms with Crippen LogP contribution in [0.2, 0.25) is 0 Å². The molecule has 0 radical (unpaired) electrons. The standard InChI is InChI=1S/C46H87NO4/c1-5-7-9-11-13-15-17-19-21-23-25-27-29-31-33-35-41-50-45-46(37-38-47(39-43-48-3)40-44-49-4)51-42-36-34-32-30-28-26-24-22-20-18-16-14-12-10-8-6-2/h13-16,19-22,46H,5-12,17-18,23-45H2,1-4H3/b15-13-,16-14-,21-19-,22-20-. The molecule has 1 unspecified atom stereocenters. The molecule has 0 aromatic carbocycles. The van der Waals surface area contributed by atoms with E-state index in [0.29, 0.717) is 6.61 Å². The molecule has 0 amide bonds. The van der Waals surface area contributed by atoms with Crippen molar-refractivity contribution < 1.29 is 18.9 Å². The SMILES string of the molecule is CCCCC/C=C\C/C=C\CCCCCCCCOCC(CCN(CCOC)CCOC)OCCCCCCCC/C=C\C/C=C\CCCCC. The Hall–Kier alpha value is -1.24. The van der Waals surface area contributed by atoms with E-state index in [9.17, 15) is 0 Å². The Kier molecular flexibility index (Phi) is 43.8. The maximum absolute atomic E-state index is 6.42. The zero-order valence-corrected chi connectivity index (χ0v) is 34.6. The van der Waals surface area contributed by atoms with Gasteiger partial charge in [-0.25, -0.2) is 0 Å². The molecule has 0 fully saturated rings. The van der Waals surface area contributed by atoms with Gasteiger partial charge < -0.3 is 18.9 Å². The Morgan fingerprint density at radius 1 is 0.431 bits per heavy atom. The molecule has 0 rings (SSSR count). The van der Waals surface area contributed by atoms with Crippen LogP contribution in [0.5, 0.6) is 0 Å². The van der Waals surface area contributed by atoms with Crippen molar-refractivity contribution in [1.82, 2.24) is 4.90 Å². The topological polar surface area (TPSA) is 40.2 Å². The minimum atomic E-state index is 0.153. The maximum atomic E-state index is 6.42. The lowest BCUT2D eigenvalue weighted by molar-refractivity contribution is -0.0276. The second-order valence-corrected chi connectivity index (χ2v) is 14.4. The first-order valence-corrected chi connectivity index (χ1v) is 21.8. The molecule has 0 spiro atoms. The predicted octanol–water partition coefficient (Wildman–Crippen LogP) is 13.0. The Morgan fingerprint density at radius 2 is 0.843 bits per heavy atom. The van der Waals surface area contributed by atoms with Crippen LogP contribution in [0.25, 0.3) is 0 Å². The van der Waals surface area contributed by atoms with Crippen molar-refractivity contribution in [3.63, 3.8) is 0 Å². The van der Waals surface area contributed by atoms with Crippen molar-refractivity contribution in [1.29, 1.82) is 0 Å². The minimum absolute atomic E-state index is 0.153. The number of unbranched alkanes of at least 4 members (excludes halogenated alkanes) is 18. The molecule has 0 saturated carbocycles. The lowest BCUT2D eigenvalue weighted by Gasteiger charge is -2.25. The van der Waals surface area contributed by atoms with Gasteiger partial charge in [0.25, 0.3) is 0 Å². The number of hydrogen-bond acceptors (Lipinski definition) is 5. The highest BCUT2D eigenvalue weighted by molar-refractivity contribution is 4.93. The van der Waals surface area contributed by atoms with E-state index >= 15 is 0 Å². The van der Waals surface area contributed by atoms with Gasteiger partial charge in [0.05, 0.1) is 25.9 Å². The molecule has 0 aromatic heterocycles. The van der Waals surface area contributed by atoms with Gasteiger partial charge in [0.15, 0.2) is 0 Å². The number of ether oxygens (including phenoxy) is 4. The summed E-state index contributed by atoms with van der Waals surface area (Å²) in [6, 6.07) is 0. The van der Waals surface area contributed by atoms with E-state index in [1.165, 1.54) is 128 Å². The normalized spacial score (nSPS) is 13.0. The van der Waals surface area contributed by atoms with Gasteiger partial charge in [-0.1, -0.05) is 140 Å². The summed E-state index contributed by atoms with van der Waals surface area (Å²) in [5, 5.41) is 0. The molecule has 0 saturated heterocycles. The molecule has 0 N–H and O–H groups in total. The van der Waals surface area contributed by atoms with Crippen molar-refractivity contribution in [2.24, 2.45) is 0 Å². The summed E-state index contributed by atoms with van der Waals surface area (Å²) >= 11 is 0. The van der Waals surface area contributed by atoms with Crippen LogP contribution in [0.3, 0.4) is 0 Å². The number of methoxy groups -OCH3 is 2. The molecule has 0 aliphatic carbocycles.